The van der Waals surface area contributed by atoms with Crippen molar-refractivity contribution in [2.45, 2.75) is 11.8 Å². The molecular weight excluding hydrogens is 371 g/mol. The van der Waals surface area contributed by atoms with Gasteiger partial charge in [-0.3, -0.25) is 4.72 Å². The maximum atomic E-state index is 13.7. The Morgan fingerprint density at radius 2 is 1.62 bits per heavy atom. The van der Waals surface area contributed by atoms with Gasteiger partial charge in [0.05, 0.1) is 4.90 Å². The minimum atomic E-state index is -4.31. The van der Waals surface area contributed by atoms with E-state index in [0.717, 1.165) is 24.3 Å². The molecule has 2 aromatic rings. The predicted octanol–water partition coefficient (Wildman–Crippen LogP) is 3.98. The average Bonchev–Trinajstić information content (AvgIpc) is 2.36. The minimum Gasteiger partial charge on any atom is -0.274 e. The van der Waals surface area contributed by atoms with Crippen molar-refractivity contribution in [2.24, 2.45) is 0 Å². The Labute approximate surface area is 128 Å². The Bertz CT molecular complexity index is 786. The van der Waals surface area contributed by atoms with E-state index >= 15 is 0 Å². The summed E-state index contributed by atoms with van der Waals surface area (Å²) in [6.07, 6.45) is 0. The first kappa shape index (κ1) is 15.8. The van der Waals surface area contributed by atoms with Crippen LogP contribution >= 0.6 is 15.9 Å². The summed E-state index contributed by atoms with van der Waals surface area (Å²) >= 11 is 2.89. The fourth-order valence-electron chi connectivity index (χ4n) is 1.69. The molecule has 112 valence electrons. The second-order valence-electron chi connectivity index (χ2n) is 4.26. The van der Waals surface area contributed by atoms with E-state index in [1.54, 1.807) is 4.72 Å². The Morgan fingerprint density at radius 3 is 2.19 bits per heavy atom. The highest BCUT2D eigenvalue weighted by molar-refractivity contribution is 9.10. The summed E-state index contributed by atoms with van der Waals surface area (Å²) in [4.78, 5) is -0.385. The van der Waals surface area contributed by atoms with Gasteiger partial charge in [0.15, 0.2) is 11.6 Å². The smallest absolute Gasteiger partial charge is 0.262 e. The molecule has 0 unspecified atom stereocenters. The summed E-state index contributed by atoms with van der Waals surface area (Å²) in [6, 6.07) is 4.97. The summed E-state index contributed by atoms with van der Waals surface area (Å²) in [6.45, 7) is 1.45. The molecule has 0 aliphatic carbocycles. The lowest BCUT2D eigenvalue weighted by Crippen LogP contribution is -2.16. The van der Waals surface area contributed by atoms with Crippen LogP contribution in [0.4, 0.5) is 18.9 Å². The van der Waals surface area contributed by atoms with E-state index in [4.69, 9.17) is 0 Å². The molecule has 0 spiro atoms. The van der Waals surface area contributed by atoms with Crippen LogP contribution in [0.15, 0.2) is 39.7 Å². The van der Waals surface area contributed by atoms with Crippen LogP contribution in [0.2, 0.25) is 0 Å². The van der Waals surface area contributed by atoms with Crippen molar-refractivity contribution in [2.75, 3.05) is 4.72 Å². The van der Waals surface area contributed by atoms with Gasteiger partial charge in [-0.05, 0) is 36.8 Å². The van der Waals surface area contributed by atoms with Crippen LogP contribution in [0.25, 0.3) is 0 Å². The number of sulfonamides is 1. The molecule has 0 saturated heterocycles. The molecular formula is C13H9BrF3NO2S. The van der Waals surface area contributed by atoms with E-state index in [9.17, 15) is 21.6 Å². The number of hydrogen-bond acceptors (Lipinski definition) is 2. The molecule has 21 heavy (non-hydrogen) atoms. The summed E-state index contributed by atoms with van der Waals surface area (Å²) in [5, 5.41) is 0. The van der Waals surface area contributed by atoms with Gasteiger partial charge in [-0.25, -0.2) is 21.6 Å². The number of rotatable bonds is 3. The van der Waals surface area contributed by atoms with Gasteiger partial charge in [0.2, 0.25) is 0 Å². The Kier molecular flexibility index (Phi) is 4.29. The van der Waals surface area contributed by atoms with E-state index in [1.165, 1.54) is 13.0 Å². The van der Waals surface area contributed by atoms with Crippen LogP contribution in [0.5, 0.6) is 0 Å². The van der Waals surface area contributed by atoms with Crippen LogP contribution < -0.4 is 4.72 Å². The highest BCUT2D eigenvalue weighted by Gasteiger charge is 2.22. The van der Waals surface area contributed by atoms with Crippen LogP contribution in [0, 0.1) is 24.4 Å². The molecule has 0 fully saturated rings. The van der Waals surface area contributed by atoms with Crippen molar-refractivity contribution in [3.63, 3.8) is 0 Å². The molecule has 0 amide bonds. The van der Waals surface area contributed by atoms with Gasteiger partial charge in [0.25, 0.3) is 10.0 Å². The molecule has 0 aliphatic rings. The topological polar surface area (TPSA) is 46.2 Å². The van der Waals surface area contributed by atoms with E-state index in [1.807, 2.05) is 0 Å². The first-order valence-electron chi connectivity index (χ1n) is 5.64. The highest BCUT2D eigenvalue weighted by atomic mass is 79.9. The van der Waals surface area contributed by atoms with Crippen molar-refractivity contribution < 1.29 is 21.6 Å². The number of halogens is 4. The molecule has 0 atom stereocenters. The fourth-order valence-corrected chi connectivity index (χ4v) is 3.43. The van der Waals surface area contributed by atoms with Crippen molar-refractivity contribution in [3.05, 3.63) is 57.8 Å². The summed E-state index contributed by atoms with van der Waals surface area (Å²) in [5.74, 6) is -2.93. The zero-order valence-corrected chi connectivity index (χ0v) is 13.0. The van der Waals surface area contributed by atoms with Crippen LogP contribution in [-0.4, -0.2) is 8.42 Å². The summed E-state index contributed by atoms with van der Waals surface area (Å²) < 4.78 is 66.7. The Morgan fingerprint density at radius 1 is 1.05 bits per heavy atom. The summed E-state index contributed by atoms with van der Waals surface area (Å²) in [7, 11) is -4.31. The normalized spacial score (nSPS) is 11.5. The van der Waals surface area contributed by atoms with Crippen molar-refractivity contribution in [3.8, 4) is 0 Å². The molecule has 0 heterocycles. The summed E-state index contributed by atoms with van der Waals surface area (Å²) in [5.41, 5.74) is -0.566. The molecule has 0 aliphatic heterocycles. The molecule has 0 aromatic heterocycles. The van der Waals surface area contributed by atoms with Gasteiger partial charge in [0, 0.05) is 4.47 Å². The first-order valence-corrected chi connectivity index (χ1v) is 7.92. The van der Waals surface area contributed by atoms with E-state index in [-0.39, 0.29) is 14.9 Å². The fraction of sp³-hybridized carbons (Fsp3) is 0.0769. The van der Waals surface area contributed by atoms with Gasteiger partial charge in [-0.2, -0.15) is 0 Å². The zero-order chi connectivity index (χ0) is 15.8. The third-order valence-corrected chi connectivity index (χ3v) is 4.63. The second-order valence-corrected chi connectivity index (χ2v) is 6.83. The van der Waals surface area contributed by atoms with Gasteiger partial charge in [-0.1, -0.05) is 22.0 Å². The predicted molar refractivity (Wildman–Crippen MR) is 76.0 cm³/mol. The molecule has 2 aromatic carbocycles. The molecule has 0 bridgehead atoms. The maximum Gasteiger partial charge on any atom is 0.262 e. The Hall–Kier alpha value is -1.54. The molecule has 8 heteroatoms. The second kappa shape index (κ2) is 5.69. The zero-order valence-electron chi connectivity index (χ0n) is 10.6. The quantitative estimate of drug-likeness (QED) is 0.876. The minimum absolute atomic E-state index is 0.127. The number of anilines is 1. The average molecular weight is 380 g/mol. The number of nitrogens with one attached hydrogen (secondary N) is 1. The van der Waals surface area contributed by atoms with Crippen molar-refractivity contribution in [1.29, 1.82) is 0 Å². The molecule has 1 N–H and O–H groups in total. The van der Waals surface area contributed by atoms with Crippen LogP contribution in [0.1, 0.15) is 5.56 Å². The van der Waals surface area contributed by atoms with Crippen LogP contribution in [0.3, 0.4) is 0 Å². The number of hydrogen-bond donors (Lipinski definition) is 1. The molecule has 2 rings (SSSR count). The van der Waals surface area contributed by atoms with Crippen molar-refractivity contribution >= 4 is 31.6 Å². The monoisotopic (exact) mass is 379 g/mol. The van der Waals surface area contributed by atoms with Gasteiger partial charge < -0.3 is 0 Å². The van der Waals surface area contributed by atoms with Gasteiger partial charge >= 0.3 is 0 Å². The third-order valence-electron chi connectivity index (χ3n) is 2.68. The lowest BCUT2D eigenvalue weighted by Gasteiger charge is -2.12. The SMILES string of the molecule is Cc1ccc(F)cc1S(=O)(=O)Nc1c(F)cc(Br)cc1F. The van der Waals surface area contributed by atoms with Crippen molar-refractivity contribution in [1.82, 2.24) is 0 Å². The largest absolute Gasteiger partial charge is 0.274 e. The van der Waals surface area contributed by atoms with E-state index in [0.29, 0.717) is 0 Å². The molecule has 0 saturated carbocycles. The molecule has 0 radical (unpaired) electrons. The maximum absolute atomic E-state index is 13.7. The highest BCUT2D eigenvalue weighted by Crippen LogP contribution is 2.27. The molecule has 3 nitrogen and oxygen atoms in total. The lowest BCUT2D eigenvalue weighted by atomic mass is 10.2. The Balaban J connectivity index is 2.50. The first-order chi connectivity index (χ1) is 9.70. The number of aryl methyl sites for hydroxylation is 1. The van der Waals surface area contributed by atoms with Gasteiger partial charge in [0.1, 0.15) is 11.5 Å². The van der Waals surface area contributed by atoms with Crippen LogP contribution in [-0.2, 0) is 10.0 Å². The lowest BCUT2D eigenvalue weighted by molar-refractivity contribution is 0.580. The number of benzene rings is 2. The standard InChI is InChI=1S/C13H9BrF3NO2S/c1-7-2-3-9(15)6-12(7)21(19,20)18-13-10(16)4-8(14)5-11(13)17/h2-6,18H,1H3. The van der Waals surface area contributed by atoms with Gasteiger partial charge in [-0.15, -0.1) is 0 Å². The van der Waals surface area contributed by atoms with E-state index in [2.05, 4.69) is 15.9 Å². The third kappa shape index (κ3) is 3.38. The van der Waals surface area contributed by atoms with E-state index < -0.39 is 33.2 Å².